The van der Waals surface area contributed by atoms with Gasteiger partial charge in [-0.05, 0) is 43.7 Å². The van der Waals surface area contributed by atoms with Crippen LogP contribution in [0.4, 0.5) is 0 Å². The number of hydrogen-bond donors (Lipinski definition) is 0. The Morgan fingerprint density at radius 3 is 2.50 bits per heavy atom. The molecule has 0 aliphatic carbocycles. The van der Waals surface area contributed by atoms with Crippen molar-refractivity contribution in [1.82, 2.24) is 0 Å². The van der Waals surface area contributed by atoms with Crippen molar-refractivity contribution in [1.29, 1.82) is 0 Å². The third kappa shape index (κ3) is 3.37. The predicted octanol–water partition coefficient (Wildman–Crippen LogP) is 3.01. The van der Waals surface area contributed by atoms with Crippen molar-refractivity contribution in [2.24, 2.45) is 0 Å². The number of hydrogen-bond acceptors (Lipinski definition) is 1. The van der Waals surface area contributed by atoms with Gasteiger partial charge < -0.3 is 4.74 Å². The molecule has 72 valence electrons. The van der Waals surface area contributed by atoms with Gasteiger partial charge in [-0.2, -0.15) is 0 Å². The summed E-state index contributed by atoms with van der Waals surface area (Å²) in [5.74, 6) is 6.82. The van der Waals surface area contributed by atoms with E-state index in [-0.39, 0.29) is 0 Å². The molecule has 14 heavy (non-hydrogen) atoms. The number of ether oxygens (including phenoxy) is 1. The molecular formula is C13H14O. The Morgan fingerprint density at radius 2 is 2.00 bits per heavy atom. The molecule has 1 heteroatoms. The maximum Gasteiger partial charge on any atom is 0.119 e. The number of allylic oxidation sites excluding steroid dienone is 1. The standard InChI is InChI=1S/C13H14O/c1-4-14-13-9-7-12(8-10-13)6-5-11(2)3/h7-10H,2,4H2,1,3H3. The van der Waals surface area contributed by atoms with E-state index < -0.39 is 0 Å². The zero-order chi connectivity index (χ0) is 10.4. The molecule has 0 radical (unpaired) electrons. The molecule has 0 aliphatic heterocycles. The molecule has 1 aromatic carbocycles. The SMILES string of the molecule is C=C(C)C#Cc1ccc(OCC)cc1. The van der Waals surface area contributed by atoms with Gasteiger partial charge in [-0.25, -0.2) is 0 Å². The molecular weight excluding hydrogens is 172 g/mol. The minimum atomic E-state index is 0.691. The molecule has 0 N–H and O–H groups in total. The third-order valence-corrected chi connectivity index (χ3v) is 1.59. The number of rotatable bonds is 2. The second-order valence-electron chi connectivity index (χ2n) is 2.99. The molecule has 0 heterocycles. The summed E-state index contributed by atoms with van der Waals surface area (Å²) in [5, 5.41) is 0. The molecule has 0 unspecified atom stereocenters. The van der Waals surface area contributed by atoms with Crippen LogP contribution in [-0.2, 0) is 0 Å². The smallest absolute Gasteiger partial charge is 0.119 e. The summed E-state index contributed by atoms with van der Waals surface area (Å²) >= 11 is 0. The topological polar surface area (TPSA) is 9.23 Å². The highest BCUT2D eigenvalue weighted by molar-refractivity contribution is 5.41. The summed E-state index contributed by atoms with van der Waals surface area (Å²) in [5.41, 5.74) is 1.86. The first kappa shape index (κ1) is 10.4. The Labute approximate surface area is 85.4 Å². The molecule has 1 rings (SSSR count). The molecule has 0 atom stereocenters. The summed E-state index contributed by atoms with van der Waals surface area (Å²) in [7, 11) is 0. The lowest BCUT2D eigenvalue weighted by Gasteiger charge is -2.01. The van der Waals surface area contributed by atoms with Gasteiger partial charge in [0.25, 0.3) is 0 Å². The average molecular weight is 186 g/mol. The second-order valence-corrected chi connectivity index (χ2v) is 2.99. The van der Waals surface area contributed by atoms with Gasteiger partial charge in [0.15, 0.2) is 0 Å². The van der Waals surface area contributed by atoms with Gasteiger partial charge in [0, 0.05) is 5.56 Å². The van der Waals surface area contributed by atoms with Crippen LogP contribution in [0.3, 0.4) is 0 Å². The Kier molecular flexibility index (Phi) is 3.82. The van der Waals surface area contributed by atoms with Gasteiger partial charge in [0.05, 0.1) is 6.61 Å². The van der Waals surface area contributed by atoms with E-state index in [4.69, 9.17) is 4.74 Å². The van der Waals surface area contributed by atoms with Gasteiger partial charge in [-0.1, -0.05) is 18.4 Å². The Bertz CT molecular complexity index is 362. The lowest BCUT2D eigenvalue weighted by molar-refractivity contribution is 0.340. The average Bonchev–Trinajstić information content (AvgIpc) is 2.17. The highest BCUT2D eigenvalue weighted by Gasteiger charge is 1.90. The van der Waals surface area contributed by atoms with E-state index >= 15 is 0 Å². The van der Waals surface area contributed by atoms with Crippen molar-refractivity contribution < 1.29 is 4.74 Å². The Balaban J connectivity index is 2.75. The zero-order valence-corrected chi connectivity index (χ0v) is 8.63. The minimum Gasteiger partial charge on any atom is -0.494 e. The van der Waals surface area contributed by atoms with E-state index in [2.05, 4.69) is 18.4 Å². The van der Waals surface area contributed by atoms with Crippen molar-refractivity contribution in [3.8, 4) is 17.6 Å². The van der Waals surface area contributed by atoms with E-state index in [0.717, 1.165) is 16.9 Å². The molecule has 0 saturated carbocycles. The van der Waals surface area contributed by atoms with Crippen LogP contribution in [0.5, 0.6) is 5.75 Å². The quantitative estimate of drug-likeness (QED) is 0.645. The first-order valence-electron chi connectivity index (χ1n) is 4.62. The second kappa shape index (κ2) is 5.14. The van der Waals surface area contributed by atoms with E-state index in [1.54, 1.807) is 0 Å². The van der Waals surface area contributed by atoms with Gasteiger partial charge >= 0.3 is 0 Å². The fourth-order valence-electron chi connectivity index (χ4n) is 0.980. The maximum absolute atomic E-state index is 5.32. The molecule has 0 saturated heterocycles. The highest BCUT2D eigenvalue weighted by atomic mass is 16.5. The molecule has 0 aliphatic rings. The minimum absolute atomic E-state index is 0.691. The van der Waals surface area contributed by atoms with E-state index in [9.17, 15) is 0 Å². The van der Waals surface area contributed by atoms with Crippen LogP contribution in [0.1, 0.15) is 19.4 Å². The van der Waals surface area contributed by atoms with E-state index in [1.165, 1.54) is 0 Å². The van der Waals surface area contributed by atoms with Crippen molar-refractivity contribution in [3.63, 3.8) is 0 Å². The third-order valence-electron chi connectivity index (χ3n) is 1.59. The van der Waals surface area contributed by atoms with Crippen LogP contribution in [0.25, 0.3) is 0 Å². The molecule has 0 spiro atoms. The summed E-state index contributed by atoms with van der Waals surface area (Å²) in [6.45, 7) is 8.27. The number of benzene rings is 1. The van der Waals surface area contributed by atoms with Crippen LogP contribution >= 0.6 is 0 Å². The summed E-state index contributed by atoms with van der Waals surface area (Å²) in [4.78, 5) is 0. The zero-order valence-electron chi connectivity index (χ0n) is 8.63. The Hall–Kier alpha value is -1.68. The van der Waals surface area contributed by atoms with Crippen LogP contribution in [0.15, 0.2) is 36.4 Å². The van der Waals surface area contributed by atoms with Gasteiger partial charge in [0.1, 0.15) is 5.75 Å². The molecule has 0 bridgehead atoms. The van der Waals surface area contributed by atoms with Crippen LogP contribution in [0.2, 0.25) is 0 Å². The molecule has 0 amide bonds. The molecule has 1 aromatic rings. The maximum atomic E-state index is 5.32. The van der Waals surface area contributed by atoms with Gasteiger partial charge in [-0.15, -0.1) is 0 Å². The van der Waals surface area contributed by atoms with Crippen molar-refractivity contribution in [2.75, 3.05) is 6.61 Å². The summed E-state index contributed by atoms with van der Waals surface area (Å²) < 4.78 is 5.32. The Morgan fingerprint density at radius 1 is 1.36 bits per heavy atom. The van der Waals surface area contributed by atoms with Crippen LogP contribution < -0.4 is 4.74 Å². The van der Waals surface area contributed by atoms with Crippen LogP contribution in [0, 0.1) is 11.8 Å². The monoisotopic (exact) mass is 186 g/mol. The molecule has 1 nitrogen and oxygen atoms in total. The summed E-state index contributed by atoms with van der Waals surface area (Å²) in [6.07, 6.45) is 0. The fraction of sp³-hybridized carbons (Fsp3) is 0.231. The van der Waals surface area contributed by atoms with Crippen molar-refractivity contribution in [2.45, 2.75) is 13.8 Å². The molecule has 0 aromatic heterocycles. The van der Waals surface area contributed by atoms with Crippen LogP contribution in [-0.4, -0.2) is 6.61 Å². The van der Waals surface area contributed by atoms with Gasteiger partial charge in [-0.3, -0.25) is 0 Å². The molecule has 0 fully saturated rings. The first-order valence-corrected chi connectivity index (χ1v) is 4.62. The first-order chi connectivity index (χ1) is 6.72. The van der Waals surface area contributed by atoms with E-state index in [0.29, 0.717) is 6.61 Å². The van der Waals surface area contributed by atoms with Crippen molar-refractivity contribution in [3.05, 3.63) is 42.0 Å². The largest absolute Gasteiger partial charge is 0.494 e. The normalized spacial score (nSPS) is 8.71. The van der Waals surface area contributed by atoms with Crippen molar-refractivity contribution >= 4 is 0 Å². The highest BCUT2D eigenvalue weighted by Crippen LogP contribution is 2.11. The lowest BCUT2D eigenvalue weighted by atomic mass is 10.2. The van der Waals surface area contributed by atoms with Gasteiger partial charge in [0.2, 0.25) is 0 Å². The fourth-order valence-corrected chi connectivity index (χ4v) is 0.980. The lowest BCUT2D eigenvalue weighted by Crippen LogP contribution is -1.90. The predicted molar refractivity (Wildman–Crippen MR) is 59.3 cm³/mol. The van der Waals surface area contributed by atoms with E-state index in [1.807, 2.05) is 38.1 Å². The summed E-state index contributed by atoms with van der Waals surface area (Å²) in [6, 6.07) is 7.74.